The summed E-state index contributed by atoms with van der Waals surface area (Å²) in [4.78, 5) is 13.7. The Kier molecular flexibility index (Phi) is 5.33. The van der Waals surface area contributed by atoms with Crippen LogP contribution in [0.3, 0.4) is 0 Å². The molecule has 1 atom stereocenters. The number of likely N-dealkylation sites (tertiary alicyclic amines) is 1. The van der Waals surface area contributed by atoms with Gasteiger partial charge in [-0.2, -0.15) is 11.8 Å². The molecule has 0 aromatic heterocycles. The van der Waals surface area contributed by atoms with Gasteiger partial charge in [0.2, 0.25) is 5.91 Å². The standard InChI is InChI=1S/C10H20N2OS/c1-2-14-8-9(11)10(13)12-6-4-3-5-7-12/h9H,2-8,11H2,1H3. The van der Waals surface area contributed by atoms with Gasteiger partial charge in [-0.25, -0.2) is 0 Å². The van der Waals surface area contributed by atoms with Crippen molar-refractivity contribution in [2.75, 3.05) is 24.6 Å². The molecule has 1 unspecified atom stereocenters. The molecule has 0 aromatic rings. The van der Waals surface area contributed by atoms with Crippen LogP contribution >= 0.6 is 11.8 Å². The van der Waals surface area contributed by atoms with Gasteiger partial charge in [0.05, 0.1) is 6.04 Å². The van der Waals surface area contributed by atoms with Gasteiger partial charge in [0.25, 0.3) is 0 Å². The van der Waals surface area contributed by atoms with Gasteiger partial charge in [-0.3, -0.25) is 4.79 Å². The fraction of sp³-hybridized carbons (Fsp3) is 0.900. The van der Waals surface area contributed by atoms with E-state index >= 15 is 0 Å². The molecule has 1 rings (SSSR count). The lowest BCUT2D eigenvalue weighted by molar-refractivity contribution is -0.132. The Morgan fingerprint density at radius 3 is 2.64 bits per heavy atom. The molecule has 4 heteroatoms. The van der Waals surface area contributed by atoms with Gasteiger partial charge in [-0.15, -0.1) is 0 Å². The molecule has 2 N–H and O–H groups in total. The highest BCUT2D eigenvalue weighted by Crippen LogP contribution is 2.11. The fourth-order valence-corrected chi connectivity index (χ4v) is 2.30. The van der Waals surface area contributed by atoms with E-state index in [9.17, 15) is 4.79 Å². The Bertz CT molecular complexity index is 181. The molecule has 3 nitrogen and oxygen atoms in total. The van der Waals surface area contributed by atoms with Crippen LogP contribution < -0.4 is 5.73 Å². The lowest BCUT2D eigenvalue weighted by atomic mass is 10.1. The molecular formula is C10H20N2OS. The molecular weight excluding hydrogens is 196 g/mol. The zero-order valence-corrected chi connectivity index (χ0v) is 9.68. The maximum atomic E-state index is 11.8. The fourth-order valence-electron chi connectivity index (χ4n) is 1.66. The Labute approximate surface area is 90.4 Å². The summed E-state index contributed by atoms with van der Waals surface area (Å²) in [5.74, 6) is 1.93. The van der Waals surface area contributed by atoms with Crippen LogP contribution in [0.5, 0.6) is 0 Å². The summed E-state index contributed by atoms with van der Waals surface area (Å²) in [6, 6.07) is -0.293. The number of carbonyl (C=O) groups is 1. The average molecular weight is 216 g/mol. The number of thioether (sulfide) groups is 1. The molecule has 1 fully saturated rings. The van der Waals surface area contributed by atoms with Crippen molar-refractivity contribution in [2.24, 2.45) is 5.73 Å². The summed E-state index contributed by atoms with van der Waals surface area (Å²) < 4.78 is 0. The van der Waals surface area contributed by atoms with E-state index in [1.165, 1.54) is 6.42 Å². The van der Waals surface area contributed by atoms with Crippen LogP contribution in [-0.4, -0.2) is 41.4 Å². The van der Waals surface area contributed by atoms with Crippen molar-refractivity contribution in [3.8, 4) is 0 Å². The van der Waals surface area contributed by atoms with E-state index in [2.05, 4.69) is 6.92 Å². The second kappa shape index (κ2) is 6.30. The molecule has 0 aromatic carbocycles. The quantitative estimate of drug-likeness (QED) is 0.765. The molecule has 1 aliphatic heterocycles. The second-order valence-corrected chi connectivity index (χ2v) is 4.97. The molecule has 14 heavy (non-hydrogen) atoms. The topological polar surface area (TPSA) is 46.3 Å². The maximum absolute atomic E-state index is 11.8. The Hall–Kier alpha value is -0.220. The van der Waals surface area contributed by atoms with Crippen LogP contribution in [-0.2, 0) is 4.79 Å². The van der Waals surface area contributed by atoms with E-state index in [0.717, 1.165) is 37.4 Å². The minimum atomic E-state index is -0.293. The van der Waals surface area contributed by atoms with Gasteiger partial charge >= 0.3 is 0 Å². The molecule has 0 bridgehead atoms. The van der Waals surface area contributed by atoms with Crippen LogP contribution in [0.25, 0.3) is 0 Å². The number of nitrogens with two attached hydrogens (primary N) is 1. The number of rotatable bonds is 4. The van der Waals surface area contributed by atoms with Crippen LogP contribution in [0.4, 0.5) is 0 Å². The number of nitrogens with zero attached hydrogens (tertiary/aromatic N) is 1. The molecule has 1 amide bonds. The number of piperidine rings is 1. The smallest absolute Gasteiger partial charge is 0.240 e. The van der Waals surface area contributed by atoms with E-state index < -0.39 is 0 Å². The Balaban J connectivity index is 2.30. The van der Waals surface area contributed by atoms with E-state index in [4.69, 9.17) is 5.73 Å². The van der Waals surface area contributed by atoms with Gasteiger partial charge < -0.3 is 10.6 Å². The molecule has 1 heterocycles. The van der Waals surface area contributed by atoms with Gasteiger partial charge in [-0.05, 0) is 25.0 Å². The lowest BCUT2D eigenvalue weighted by Crippen LogP contribution is -2.47. The Morgan fingerprint density at radius 1 is 1.43 bits per heavy atom. The first kappa shape index (κ1) is 11.9. The SMILES string of the molecule is CCSCC(N)C(=O)N1CCCCC1. The van der Waals surface area contributed by atoms with Gasteiger partial charge in [0, 0.05) is 18.8 Å². The molecule has 0 spiro atoms. The number of amides is 1. The molecule has 1 aliphatic rings. The molecule has 0 radical (unpaired) electrons. The molecule has 0 saturated carbocycles. The van der Waals surface area contributed by atoms with Crippen molar-refractivity contribution in [3.05, 3.63) is 0 Å². The first-order chi connectivity index (χ1) is 6.75. The monoisotopic (exact) mass is 216 g/mol. The zero-order chi connectivity index (χ0) is 10.4. The van der Waals surface area contributed by atoms with E-state index in [1.54, 1.807) is 11.8 Å². The highest BCUT2D eigenvalue weighted by Gasteiger charge is 2.21. The van der Waals surface area contributed by atoms with Crippen molar-refractivity contribution in [1.82, 2.24) is 4.90 Å². The van der Waals surface area contributed by atoms with Crippen LogP contribution in [0.15, 0.2) is 0 Å². The van der Waals surface area contributed by atoms with Crippen LogP contribution in [0.2, 0.25) is 0 Å². The predicted molar refractivity (Wildman–Crippen MR) is 61.4 cm³/mol. The summed E-state index contributed by atoms with van der Waals surface area (Å²) in [6.07, 6.45) is 3.53. The number of hydrogen-bond donors (Lipinski definition) is 1. The van der Waals surface area contributed by atoms with Gasteiger partial charge in [0.15, 0.2) is 0 Å². The molecule has 1 saturated heterocycles. The average Bonchev–Trinajstić information content (AvgIpc) is 2.26. The normalized spacial score (nSPS) is 19.4. The molecule has 0 aliphatic carbocycles. The van der Waals surface area contributed by atoms with E-state index in [0.29, 0.717) is 0 Å². The highest BCUT2D eigenvalue weighted by molar-refractivity contribution is 7.99. The van der Waals surface area contributed by atoms with Crippen LogP contribution in [0.1, 0.15) is 26.2 Å². The highest BCUT2D eigenvalue weighted by atomic mass is 32.2. The summed E-state index contributed by atoms with van der Waals surface area (Å²) >= 11 is 1.74. The molecule has 82 valence electrons. The third-order valence-corrected chi connectivity index (χ3v) is 3.49. The maximum Gasteiger partial charge on any atom is 0.240 e. The lowest BCUT2D eigenvalue weighted by Gasteiger charge is -2.28. The second-order valence-electron chi connectivity index (χ2n) is 3.65. The first-order valence-electron chi connectivity index (χ1n) is 5.37. The number of carbonyl (C=O) groups excluding carboxylic acids is 1. The Morgan fingerprint density at radius 2 is 2.07 bits per heavy atom. The summed E-state index contributed by atoms with van der Waals surface area (Å²) in [5, 5.41) is 0. The number of hydrogen-bond acceptors (Lipinski definition) is 3. The predicted octanol–water partition coefficient (Wildman–Crippen LogP) is 1.08. The third kappa shape index (κ3) is 3.50. The van der Waals surface area contributed by atoms with Gasteiger partial charge in [0.1, 0.15) is 0 Å². The zero-order valence-electron chi connectivity index (χ0n) is 8.87. The van der Waals surface area contributed by atoms with Crippen molar-refractivity contribution < 1.29 is 4.79 Å². The van der Waals surface area contributed by atoms with Crippen molar-refractivity contribution in [2.45, 2.75) is 32.2 Å². The summed E-state index contributed by atoms with van der Waals surface area (Å²) in [5.41, 5.74) is 5.82. The van der Waals surface area contributed by atoms with Crippen molar-refractivity contribution in [3.63, 3.8) is 0 Å². The summed E-state index contributed by atoms with van der Waals surface area (Å²) in [7, 11) is 0. The van der Waals surface area contributed by atoms with Crippen molar-refractivity contribution >= 4 is 17.7 Å². The van der Waals surface area contributed by atoms with Gasteiger partial charge in [-0.1, -0.05) is 6.92 Å². The largest absolute Gasteiger partial charge is 0.341 e. The summed E-state index contributed by atoms with van der Waals surface area (Å²) in [6.45, 7) is 3.90. The minimum Gasteiger partial charge on any atom is -0.341 e. The van der Waals surface area contributed by atoms with E-state index in [1.807, 2.05) is 4.90 Å². The van der Waals surface area contributed by atoms with E-state index in [-0.39, 0.29) is 11.9 Å². The minimum absolute atomic E-state index is 0.144. The van der Waals surface area contributed by atoms with Crippen molar-refractivity contribution in [1.29, 1.82) is 0 Å². The third-order valence-electron chi connectivity index (χ3n) is 2.49. The van der Waals surface area contributed by atoms with Crippen LogP contribution in [0, 0.1) is 0 Å². The first-order valence-corrected chi connectivity index (χ1v) is 6.53.